The van der Waals surface area contributed by atoms with Crippen molar-refractivity contribution in [1.29, 1.82) is 0 Å². The summed E-state index contributed by atoms with van der Waals surface area (Å²) in [6.45, 7) is 4.66. The number of carbonyl (C=O) groups excluding carboxylic acids is 2. The van der Waals surface area contributed by atoms with Gasteiger partial charge in [-0.15, -0.1) is 10.2 Å². The number of amides is 2. The molecule has 0 aliphatic rings. The second-order valence-electron chi connectivity index (χ2n) is 5.46. The third kappa shape index (κ3) is 7.35. The zero-order valence-corrected chi connectivity index (χ0v) is 17.2. The first-order chi connectivity index (χ1) is 12.6. The maximum atomic E-state index is 12.1. The molecular weight excluding hydrogens is 388 g/mol. The number of rotatable bonds is 10. The van der Waals surface area contributed by atoms with Gasteiger partial charge in [-0.2, -0.15) is 0 Å². The molecule has 2 amide bonds. The van der Waals surface area contributed by atoms with Gasteiger partial charge in [-0.3, -0.25) is 9.59 Å². The fourth-order valence-electron chi connectivity index (χ4n) is 1.99. The number of hydrogen-bond acceptors (Lipinski definition) is 7. The molecule has 0 aliphatic carbocycles. The van der Waals surface area contributed by atoms with E-state index >= 15 is 0 Å². The molecule has 0 radical (unpaired) electrons. The molecule has 1 aromatic carbocycles. The largest absolute Gasteiger partial charge is 0.355 e. The normalized spacial score (nSPS) is 11.8. The van der Waals surface area contributed by atoms with Crippen LogP contribution in [0.3, 0.4) is 0 Å². The molecule has 0 bridgehead atoms. The molecule has 0 unspecified atom stereocenters. The van der Waals surface area contributed by atoms with Crippen LogP contribution in [0.1, 0.15) is 31.9 Å². The lowest BCUT2D eigenvalue weighted by Crippen LogP contribution is -2.28. The lowest BCUT2D eigenvalue weighted by molar-refractivity contribution is -0.119. The highest BCUT2D eigenvalue weighted by Crippen LogP contribution is 2.28. The van der Waals surface area contributed by atoms with Crippen LogP contribution in [0.2, 0.25) is 0 Å². The maximum Gasteiger partial charge on any atom is 0.230 e. The highest BCUT2D eigenvalue weighted by molar-refractivity contribution is 8.03. The van der Waals surface area contributed by atoms with Gasteiger partial charge in [0.1, 0.15) is 0 Å². The van der Waals surface area contributed by atoms with Crippen LogP contribution in [0.4, 0.5) is 0 Å². The molecule has 0 fully saturated rings. The monoisotopic (exact) mass is 410 g/mol. The third-order valence-electron chi connectivity index (χ3n) is 3.29. The van der Waals surface area contributed by atoms with Crippen LogP contribution in [-0.4, -0.2) is 40.1 Å². The van der Waals surface area contributed by atoms with Crippen molar-refractivity contribution in [2.24, 2.45) is 0 Å². The van der Waals surface area contributed by atoms with E-state index in [4.69, 9.17) is 0 Å². The summed E-state index contributed by atoms with van der Waals surface area (Å²) in [5, 5.41) is 13.9. The fraction of sp³-hybridized carbons (Fsp3) is 0.412. The highest BCUT2D eigenvalue weighted by Gasteiger charge is 2.12. The quantitative estimate of drug-likeness (QED) is 0.586. The molecule has 0 aliphatic heterocycles. The molecule has 0 spiro atoms. The Kier molecular flexibility index (Phi) is 8.93. The molecule has 2 aromatic rings. The van der Waals surface area contributed by atoms with Gasteiger partial charge in [0.05, 0.1) is 17.5 Å². The zero-order chi connectivity index (χ0) is 18.8. The molecule has 2 rings (SSSR count). The summed E-state index contributed by atoms with van der Waals surface area (Å²) >= 11 is 4.11. The molecule has 26 heavy (non-hydrogen) atoms. The molecule has 1 heterocycles. The number of nitrogens with one attached hydrogen (secondary N) is 2. The van der Waals surface area contributed by atoms with E-state index in [1.165, 1.54) is 34.9 Å². The fourth-order valence-corrected chi connectivity index (χ4v) is 4.65. The Morgan fingerprint density at radius 1 is 1.08 bits per heavy atom. The Balaban J connectivity index is 1.71. The van der Waals surface area contributed by atoms with Gasteiger partial charge >= 0.3 is 0 Å². The summed E-state index contributed by atoms with van der Waals surface area (Å²) in [5.74, 6) is 0.562. The van der Waals surface area contributed by atoms with E-state index in [2.05, 4.69) is 20.8 Å². The molecular formula is C17H22N4O2S3. The Bertz CT molecular complexity index is 709. The van der Waals surface area contributed by atoms with Crippen LogP contribution in [0.15, 0.2) is 39.0 Å². The van der Waals surface area contributed by atoms with E-state index in [1.54, 1.807) is 0 Å². The Hall–Kier alpha value is -1.58. The lowest BCUT2D eigenvalue weighted by Gasteiger charge is -2.13. The van der Waals surface area contributed by atoms with E-state index in [0.29, 0.717) is 12.3 Å². The predicted octanol–water partition coefficient (Wildman–Crippen LogP) is 3.13. The van der Waals surface area contributed by atoms with E-state index < -0.39 is 0 Å². The minimum Gasteiger partial charge on any atom is -0.355 e. The minimum absolute atomic E-state index is 0.00414. The van der Waals surface area contributed by atoms with Gasteiger partial charge in [0.25, 0.3) is 0 Å². The van der Waals surface area contributed by atoms with Crippen molar-refractivity contribution in [2.45, 2.75) is 35.0 Å². The summed E-state index contributed by atoms with van der Waals surface area (Å²) in [5.41, 5.74) is 1.07. The topological polar surface area (TPSA) is 84.0 Å². The van der Waals surface area contributed by atoms with Crippen molar-refractivity contribution < 1.29 is 9.59 Å². The van der Waals surface area contributed by atoms with Crippen LogP contribution < -0.4 is 10.6 Å². The summed E-state index contributed by atoms with van der Waals surface area (Å²) in [6, 6.07) is 9.80. The molecule has 1 atom stereocenters. The lowest BCUT2D eigenvalue weighted by atomic mass is 10.1. The molecule has 1 aromatic heterocycles. The van der Waals surface area contributed by atoms with Crippen molar-refractivity contribution >= 4 is 46.7 Å². The van der Waals surface area contributed by atoms with Crippen molar-refractivity contribution in [2.75, 3.05) is 18.1 Å². The van der Waals surface area contributed by atoms with E-state index in [0.717, 1.165) is 20.7 Å². The van der Waals surface area contributed by atoms with Gasteiger partial charge in [0.15, 0.2) is 8.68 Å². The van der Waals surface area contributed by atoms with Crippen molar-refractivity contribution in [3.63, 3.8) is 0 Å². The molecule has 6 nitrogen and oxygen atoms in total. The Labute approximate surface area is 165 Å². The SMILES string of the molecule is CCCNC(=O)CSc1nnc(SCC(=O)N[C@@H](C)c2ccccc2)s1. The summed E-state index contributed by atoms with van der Waals surface area (Å²) in [6.07, 6.45) is 0.918. The number of aromatic nitrogens is 2. The first kappa shape index (κ1) is 20.7. The zero-order valence-electron chi connectivity index (χ0n) is 14.7. The van der Waals surface area contributed by atoms with Gasteiger partial charge in [-0.05, 0) is 18.9 Å². The van der Waals surface area contributed by atoms with Crippen molar-refractivity contribution in [1.82, 2.24) is 20.8 Å². The number of carbonyl (C=O) groups is 2. The first-order valence-corrected chi connectivity index (χ1v) is 11.1. The van der Waals surface area contributed by atoms with Crippen LogP contribution in [-0.2, 0) is 9.59 Å². The van der Waals surface area contributed by atoms with E-state index in [1.807, 2.05) is 44.2 Å². The van der Waals surface area contributed by atoms with Gasteiger partial charge in [-0.1, -0.05) is 72.1 Å². The molecule has 2 N–H and O–H groups in total. The minimum atomic E-state index is -0.0466. The van der Waals surface area contributed by atoms with Gasteiger partial charge in [0.2, 0.25) is 11.8 Å². The third-order valence-corrected chi connectivity index (χ3v) is 6.48. The second-order valence-corrected chi connectivity index (χ2v) is 8.88. The van der Waals surface area contributed by atoms with E-state index in [-0.39, 0.29) is 23.6 Å². The predicted molar refractivity (Wildman–Crippen MR) is 108 cm³/mol. The number of benzene rings is 1. The smallest absolute Gasteiger partial charge is 0.230 e. The standard InChI is InChI=1S/C17H22N4O2S3/c1-3-9-18-14(22)10-24-16-20-21-17(26-16)25-11-15(23)19-12(2)13-7-5-4-6-8-13/h4-8,12H,3,9-11H2,1-2H3,(H,18,22)(H,19,23)/t12-/m0/s1. The Morgan fingerprint density at radius 3 is 2.31 bits per heavy atom. The van der Waals surface area contributed by atoms with Crippen molar-refractivity contribution in [3.05, 3.63) is 35.9 Å². The summed E-state index contributed by atoms with van der Waals surface area (Å²) < 4.78 is 1.46. The van der Waals surface area contributed by atoms with Crippen LogP contribution in [0, 0.1) is 0 Å². The summed E-state index contributed by atoms with van der Waals surface area (Å²) in [7, 11) is 0. The molecule has 0 saturated heterocycles. The van der Waals surface area contributed by atoms with Crippen molar-refractivity contribution in [3.8, 4) is 0 Å². The average molecular weight is 411 g/mol. The van der Waals surface area contributed by atoms with Crippen LogP contribution in [0.25, 0.3) is 0 Å². The number of hydrogen-bond donors (Lipinski definition) is 2. The van der Waals surface area contributed by atoms with Crippen LogP contribution in [0.5, 0.6) is 0 Å². The van der Waals surface area contributed by atoms with Gasteiger partial charge < -0.3 is 10.6 Å². The van der Waals surface area contributed by atoms with E-state index in [9.17, 15) is 9.59 Å². The maximum absolute atomic E-state index is 12.1. The molecule has 9 heteroatoms. The highest BCUT2D eigenvalue weighted by atomic mass is 32.2. The molecule has 0 saturated carbocycles. The van der Waals surface area contributed by atoms with Gasteiger partial charge in [0, 0.05) is 6.54 Å². The number of nitrogens with zero attached hydrogens (tertiary/aromatic N) is 2. The first-order valence-electron chi connectivity index (χ1n) is 8.28. The second kappa shape index (κ2) is 11.2. The summed E-state index contributed by atoms with van der Waals surface area (Å²) in [4.78, 5) is 23.7. The molecule has 140 valence electrons. The Morgan fingerprint density at radius 2 is 1.69 bits per heavy atom. The number of thioether (sulfide) groups is 2. The van der Waals surface area contributed by atoms with Crippen LogP contribution >= 0.6 is 34.9 Å². The van der Waals surface area contributed by atoms with Gasteiger partial charge in [-0.25, -0.2) is 0 Å². The average Bonchev–Trinajstić information content (AvgIpc) is 3.11.